The third kappa shape index (κ3) is 3.72. The number of carbonyl (C=O) groups excluding carboxylic acids is 1. The number of benzene rings is 1. The first-order valence-electron chi connectivity index (χ1n) is 9.34. The Bertz CT molecular complexity index is 981. The van der Waals surface area contributed by atoms with Crippen LogP contribution in [-0.4, -0.2) is 31.1 Å². The van der Waals surface area contributed by atoms with Gasteiger partial charge in [0, 0.05) is 48.6 Å². The zero-order chi connectivity index (χ0) is 19.5. The van der Waals surface area contributed by atoms with Crippen LogP contribution in [0, 0.1) is 5.82 Å². The minimum Gasteiger partial charge on any atom is -0.380 e. The molecule has 3 aromatic rings. The molecule has 0 unspecified atom stereocenters. The van der Waals surface area contributed by atoms with Crippen LogP contribution in [-0.2, 0) is 17.9 Å². The summed E-state index contributed by atoms with van der Waals surface area (Å²) in [6.45, 7) is 2.66. The predicted molar refractivity (Wildman–Crippen MR) is 109 cm³/mol. The molecule has 0 atom stereocenters. The smallest absolute Gasteiger partial charge is 0.262 e. The van der Waals surface area contributed by atoms with E-state index in [4.69, 9.17) is 4.74 Å². The van der Waals surface area contributed by atoms with Crippen molar-refractivity contribution >= 4 is 33.1 Å². The van der Waals surface area contributed by atoms with E-state index in [1.54, 1.807) is 19.4 Å². The van der Waals surface area contributed by atoms with E-state index in [1.807, 2.05) is 18.2 Å². The highest BCUT2D eigenvalue weighted by atomic mass is 32.1. The van der Waals surface area contributed by atoms with E-state index in [0.717, 1.165) is 29.2 Å². The third-order valence-corrected chi connectivity index (χ3v) is 6.15. The quantitative estimate of drug-likeness (QED) is 0.678. The molecule has 0 radical (unpaired) electrons. The fourth-order valence-corrected chi connectivity index (χ4v) is 4.69. The standard InChI is InChI=1S/C21H22FN3O2S/c1-27-13-15-19-16(22)5-4-6-17(19)28-20(15)21(26)24-12-14-7-8-18(23-11-14)25-9-2-3-10-25/h4-8,11H,2-3,9-10,12-13H2,1H3,(H,24,26). The van der Waals surface area contributed by atoms with Crippen molar-refractivity contribution in [2.75, 3.05) is 25.1 Å². The highest BCUT2D eigenvalue weighted by molar-refractivity contribution is 7.21. The maximum atomic E-state index is 14.3. The Hall–Kier alpha value is -2.51. The van der Waals surface area contributed by atoms with Gasteiger partial charge < -0.3 is 15.0 Å². The van der Waals surface area contributed by atoms with Gasteiger partial charge in [0.05, 0.1) is 11.5 Å². The van der Waals surface area contributed by atoms with Gasteiger partial charge in [-0.25, -0.2) is 9.37 Å². The van der Waals surface area contributed by atoms with Crippen LogP contribution in [0.4, 0.5) is 10.2 Å². The third-order valence-electron chi connectivity index (χ3n) is 4.95. The molecular weight excluding hydrogens is 377 g/mol. The Morgan fingerprint density at radius 3 is 2.82 bits per heavy atom. The molecule has 4 rings (SSSR count). The molecule has 1 aliphatic rings. The molecule has 1 saturated heterocycles. The van der Waals surface area contributed by atoms with E-state index in [9.17, 15) is 9.18 Å². The maximum absolute atomic E-state index is 14.3. The number of anilines is 1. The molecule has 0 saturated carbocycles. The van der Waals surface area contributed by atoms with Gasteiger partial charge in [0.25, 0.3) is 5.91 Å². The SMILES string of the molecule is COCc1c(C(=O)NCc2ccc(N3CCCC3)nc2)sc2cccc(F)c12. The van der Waals surface area contributed by atoms with Gasteiger partial charge in [-0.05, 0) is 36.6 Å². The van der Waals surface area contributed by atoms with Crippen molar-refractivity contribution in [3.8, 4) is 0 Å². The summed E-state index contributed by atoms with van der Waals surface area (Å²) in [7, 11) is 1.54. The molecule has 0 bridgehead atoms. The molecular formula is C21H22FN3O2S. The lowest BCUT2D eigenvalue weighted by Gasteiger charge is -2.16. The summed E-state index contributed by atoms with van der Waals surface area (Å²) >= 11 is 1.29. The van der Waals surface area contributed by atoms with Crippen LogP contribution in [0.1, 0.15) is 33.6 Å². The number of thiophene rings is 1. The second-order valence-corrected chi connectivity index (χ2v) is 7.91. The lowest BCUT2D eigenvalue weighted by atomic mass is 10.1. The van der Waals surface area contributed by atoms with E-state index in [0.29, 0.717) is 22.4 Å². The zero-order valence-electron chi connectivity index (χ0n) is 15.7. The molecule has 1 aliphatic heterocycles. The average Bonchev–Trinajstić information content (AvgIpc) is 3.36. The Morgan fingerprint density at radius 1 is 1.29 bits per heavy atom. The number of ether oxygens (including phenoxy) is 1. The monoisotopic (exact) mass is 399 g/mol. The molecule has 1 N–H and O–H groups in total. The number of halogens is 1. The summed E-state index contributed by atoms with van der Waals surface area (Å²) in [5.74, 6) is 0.424. The molecule has 3 heterocycles. The molecule has 5 nitrogen and oxygen atoms in total. The summed E-state index contributed by atoms with van der Waals surface area (Å²) in [5.41, 5.74) is 1.53. The largest absolute Gasteiger partial charge is 0.380 e. The summed E-state index contributed by atoms with van der Waals surface area (Å²) in [4.78, 5) is 20.0. The minimum absolute atomic E-state index is 0.190. The number of carbonyl (C=O) groups is 1. The van der Waals surface area contributed by atoms with Crippen molar-refractivity contribution < 1.29 is 13.9 Å². The van der Waals surface area contributed by atoms with Gasteiger partial charge in [0.15, 0.2) is 0 Å². The van der Waals surface area contributed by atoms with Gasteiger partial charge in [-0.15, -0.1) is 11.3 Å². The first-order valence-corrected chi connectivity index (χ1v) is 10.2. The van der Waals surface area contributed by atoms with Gasteiger partial charge in [-0.2, -0.15) is 0 Å². The number of hydrogen-bond donors (Lipinski definition) is 1. The summed E-state index contributed by atoms with van der Waals surface area (Å²) in [6, 6.07) is 8.86. The van der Waals surface area contributed by atoms with Gasteiger partial charge in [-0.3, -0.25) is 4.79 Å². The Balaban J connectivity index is 1.49. The van der Waals surface area contributed by atoms with Crippen molar-refractivity contribution in [1.82, 2.24) is 10.3 Å². The first kappa shape index (κ1) is 18.8. The highest BCUT2D eigenvalue weighted by Crippen LogP contribution is 2.33. The van der Waals surface area contributed by atoms with Crippen LogP contribution >= 0.6 is 11.3 Å². The molecule has 1 fully saturated rings. The number of aromatic nitrogens is 1. The molecule has 7 heteroatoms. The summed E-state index contributed by atoms with van der Waals surface area (Å²) < 4.78 is 20.2. The fourth-order valence-electron chi connectivity index (χ4n) is 3.55. The van der Waals surface area contributed by atoms with E-state index >= 15 is 0 Å². The van der Waals surface area contributed by atoms with E-state index < -0.39 is 0 Å². The number of methoxy groups -OCH3 is 1. The molecule has 2 aromatic heterocycles. The van der Waals surface area contributed by atoms with E-state index in [1.165, 1.54) is 30.2 Å². The van der Waals surface area contributed by atoms with Crippen LogP contribution in [0.15, 0.2) is 36.5 Å². The number of rotatable bonds is 6. The topological polar surface area (TPSA) is 54.5 Å². The van der Waals surface area contributed by atoms with Crippen LogP contribution in [0.5, 0.6) is 0 Å². The minimum atomic E-state index is -0.332. The maximum Gasteiger partial charge on any atom is 0.262 e. The van der Waals surface area contributed by atoms with Gasteiger partial charge in [-0.1, -0.05) is 12.1 Å². The van der Waals surface area contributed by atoms with Crippen molar-refractivity contribution in [2.24, 2.45) is 0 Å². The number of nitrogens with one attached hydrogen (secondary N) is 1. The number of hydrogen-bond acceptors (Lipinski definition) is 5. The fraction of sp³-hybridized carbons (Fsp3) is 0.333. The average molecular weight is 399 g/mol. The number of pyridine rings is 1. The van der Waals surface area contributed by atoms with Gasteiger partial charge in [0.1, 0.15) is 11.6 Å². The van der Waals surface area contributed by atoms with Crippen LogP contribution in [0.2, 0.25) is 0 Å². The Morgan fingerprint density at radius 2 is 2.11 bits per heavy atom. The Labute approximate surface area is 167 Å². The van der Waals surface area contributed by atoms with E-state index in [2.05, 4.69) is 15.2 Å². The van der Waals surface area contributed by atoms with Crippen LogP contribution in [0.3, 0.4) is 0 Å². The van der Waals surface area contributed by atoms with Crippen molar-refractivity contribution in [2.45, 2.75) is 26.0 Å². The van der Waals surface area contributed by atoms with E-state index in [-0.39, 0.29) is 18.3 Å². The lowest BCUT2D eigenvalue weighted by Crippen LogP contribution is -2.23. The van der Waals surface area contributed by atoms with Crippen LogP contribution < -0.4 is 10.2 Å². The predicted octanol–water partition coefficient (Wildman–Crippen LogP) is 4.11. The number of amides is 1. The number of nitrogens with zero attached hydrogens (tertiary/aromatic N) is 2. The second kappa shape index (κ2) is 8.24. The molecule has 0 spiro atoms. The molecule has 28 heavy (non-hydrogen) atoms. The first-order chi connectivity index (χ1) is 13.7. The molecule has 146 valence electrons. The summed E-state index contributed by atoms with van der Waals surface area (Å²) in [5, 5.41) is 3.39. The van der Waals surface area contributed by atoms with Crippen molar-refractivity contribution in [3.05, 3.63) is 58.3 Å². The second-order valence-electron chi connectivity index (χ2n) is 6.86. The van der Waals surface area contributed by atoms with Crippen LogP contribution in [0.25, 0.3) is 10.1 Å². The highest BCUT2D eigenvalue weighted by Gasteiger charge is 2.20. The molecule has 1 aromatic carbocycles. The van der Waals surface area contributed by atoms with Crippen molar-refractivity contribution in [3.63, 3.8) is 0 Å². The normalized spacial score (nSPS) is 14.0. The zero-order valence-corrected chi connectivity index (χ0v) is 16.5. The summed E-state index contributed by atoms with van der Waals surface area (Å²) in [6.07, 6.45) is 4.21. The molecule has 0 aliphatic carbocycles. The Kier molecular flexibility index (Phi) is 5.54. The lowest BCUT2D eigenvalue weighted by molar-refractivity contribution is 0.0950. The van der Waals surface area contributed by atoms with Gasteiger partial charge >= 0.3 is 0 Å². The van der Waals surface area contributed by atoms with Crippen molar-refractivity contribution in [1.29, 1.82) is 0 Å². The van der Waals surface area contributed by atoms with Gasteiger partial charge in [0.2, 0.25) is 0 Å². The number of fused-ring (bicyclic) bond motifs is 1. The molecule has 1 amide bonds.